The first kappa shape index (κ1) is 18.5. The molecule has 2 amide bonds. The molecule has 0 aliphatic carbocycles. The van der Waals surface area contributed by atoms with Crippen molar-refractivity contribution in [1.29, 1.82) is 0 Å². The Morgan fingerprint density at radius 1 is 1.21 bits per heavy atom. The Hall–Kier alpha value is -1.88. The molecule has 1 atom stereocenters. The Balaban J connectivity index is 1.90. The SMILES string of the molecule is Cc1ccc(C)c(NC(=O)CN(C)[C@H](C)C(=O)N2CCCCC2)c1. The van der Waals surface area contributed by atoms with Crippen LogP contribution in [0.2, 0.25) is 0 Å². The number of nitrogens with zero attached hydrogens (tertiary/aromatic N) is 2. The zero-order valence-electron chi connectivity index (χ0n) is 15.3. The zero-order chi connectivity index (χ0) is 17.7. The van der Waals surface area contributed by atoms with Gasteiger partial charge in [-0.2, -0.15) is 0 Å². The highest BCUT2D eigenvalue weighted by molar-refractivity contribution is 5.93. The van der Waals surface area contributed by atoms with Gasteiger partial charge in [0.05, 0.1) is 12.6 Å². The van der Waals surface area contributed by atoms with E-state index >= 15 is 0 Å². The quantitative estimate of drug-likeness (QED) is 0.902. The van der Waals surface area contributed by atoms with Crippen molar-refractivity contribution in [3.05, 3.63) is 29.3 Å². The minimum absolute atomic E-state index is 0.0931. The molecule has 0 unspecified atom stereocenters. The van der Waals surface area contributed by atoms with Crippen LogP contribution >= 0.6 is 0 Å². The average molecular weight is 331 g/mol. The number of piperidine rings is 1. The Morgan fingerprint density at radius 2 is 1.88 bits per heavy atom. The molecule has 0 spiro atoms. The summed E-state index contributed by atoms with van der Waals surface area (Å²) >= 11 is 0. The monoisotopic (exact) mass is 331 g/mol. The van der Waals surface area contributed by atoms with E-state index in [1.165, 1.54) is 6.42 Å². The Kier molecular flexibility index (Phi) is 6.37. The Bertz CT molecular complexity index is 594. The second-order valence-corrected chi connectivity index (χ2v) is 6.84. The third-order valence-electron chi connectivity index (χ3n) is 4.75. The largest absolute Gasteiger partial charge is 0.341 e. The van der Waals surface area contributed by atoms with Gasteiger partial charge < -0.3 is 10.2 Å². The first-order valence-corrected chi connectivity index (χ1v) is 8.74. The highest BCUT2D eigenvalue weighted by atomic mass is 16.2. The topological polar surface area (TPSA) is 52.7 Å². The number of likely N-dealkylation sites (tertiary alicyclic amines) is 1. The average Bonchev–Trinajstić information content (AvgIpc) is 2.57. The van der Waals surface area contributed by atoms with Gasteiger partial charge in [0.25, 0.3) is 0 Å². The molecule has 0 radical (unpaired) electrons. The lowest BCUT2D eigenvalue weighted by molar-refractivity contribution is -0.137. The molecule has 132 valence electrons. The lowest BCUT2D eigenvalue weighted by Gasteiger charge is -2.32. The van der Waals surface area contributed by atoms with Crippen molar-refractivity contribution in [2.24, 2.45) is 0 Å². The molecule has 0 aromatic heterocycles. The molecule has 1 fully saturated rings. The number of benzene rings is 1. The van der Waals surface area contributed by atoms with Gasteiger partial charge in [-0.3, -0.25) is 14.5 Å². The highest BCUT2D eigenvalue weighted by Gasteiger charge is 2.26. The first-order valence-electron chi connectivity index (χ1n) is 8.74. The summed E-state index contributed by atoms with van der Waals surface area (Å²) in [5.41, 5.74) is 2.98. The van der Waals surface area contributed by atoms with Crippen LogP contribution in [0.4, 0.5) is 5.69 Å². The molecule has 1 heterocycles. The minimum Gasteiger partial charge on any atom is -0.341 e. The van der Waals surface area contributed by atoms with E-state index < -0.39 is 0 Å². The number of carbonyl (C=O) groups is 2. The number of anilines is 1. The molecule has 1 N–H and O–H groups in total. The molecule has 1 saturated heterocycles. The number of nitrogens with one attached hydrogen (secondary N) is 1. The predicted molar refractivity (Wildman–Crippen MR) is 97.1 cm³/mol. The van der Waals surface area contributed by atoms with Gasteiger partial charge >= 0.3 is 0 Å². The van der Waals surface area contributed by atoms with Crippen LogP contribution in [0.25, 0.3) is 0 Å². The fourth-order valence-electron chi connectivity index (χ4n) is 2.99. The van der Waals surface area contributed by atoms with Crippen LogP contribution in [-0.4, -0.2) is 54.3 Å². The fraction of sp³-hybridized carbons (Fsp3) is 0.579. The smallest absolute Gasteiger partial charge is 0.239 e. The second-order valence-electron chi connectivity index (χ2n) is 6.84. The maximum Gasteiger partial charge on any atom is 0.239 e. The van der Waals surface area contributed by atoms with Crippen LogP contribution in [0, 0.1) is 13.8 Å². The number of hydrogen-bond acceptors (Lipinski definition) is 3. The van der Waals surface area contributed by atoms with E-state index in [4.69, 9.17) is 0 Å². The van der Waals surface area contributed by atoms with Crippen molar-refractivity contribution in [2.75, 3.05) is 32.0 Å². The lowest BCUT2D eigenvalue weighted by atomic mass is 10.1. The van der Waals surface area contributed by atoms with Crippen LogP contribution in [0.5, 0.6) is 0 Å². The summed E-state index contributed by atoms with van der Waals surface area (Å²) in [6, 6.07) is 5.70. The highest BCUT2D eigenvalue weighted by Crippen LogP contribution is 2.16. The second kappa shape index (κ2) is 8.29. The maximum atomic E-state index is 12.5. The van der Waals surface area contributed by atoms with Gasteiger partial charge in [-0.1, -0.05) is 12.1 Å². The van der Waals surface area contributed by atoms with E-state index in [-0.39, 0.29) is 24.4 Å². The molecule has 0 saturated carbocycles. The van der Waals surface area contributed by atoms with Crippen molar-refractivity contribution in [3.8, 4) is 0 Å². The Morgan fingerprint density at radius 3 is 2.54 bits per heavy atom. The van der Waals surface area contributed by atoms with Crippen LogP contribution in [0.3, 0.4) is 0 Å². The van der Waals surface area contributed by atoms with Gasteiger partial charge in [0, 0.05) is 18.8 Å². The van der Waals surface area contributed by atoms with Gasteiger partial charge in [0.15, 0.2) is 0 Å². The predicted octanol–water partition coefficient (Wildman–Crippen LogP) is 2.57. The van der Waals surface area contributed by atoms with Crippen LogP contribution in [0.15, 0.2) is 18.2 Å². The molecule has 1 aromatic carbocycles. The van der Waals surface area contributed by atoms with Crippen LogP contribution in [0.1, 0.15) is 37.3 Å². The number of amides is 2. The number of likely N-dealkylation sites (N-methyl/N-ethyl adjacent to an activating group) is 1. The molecule has 2 rings (SSSR count). The standard InChI is InChI=1S/C19H29N3O2/c1-14-8-9-15(2)17(12-14)20-18(23)13-21(4)16(3)19(24)22-10-6-5-7-11-22/h8-9,12,16H,5-7,10-11,13H2,1-4H3,(H,20,23)/t16-/m1/s1. The van der Waals surface area contributed by atoms with E-state index in [0.717, 1.165) is 42.7 Å². The number of hydrogen-bond donors (Lipinski definition) is 1. The van der Waals surface area contributed by atoms with Crippen molar-refractivity contribution in [1.82, 2.24) is 9.80 Å². The van der Waals surface area contributed by atoms with Gasteiger partial charge in [-0.25, -0.2) is 0 Å². The normalized spacial score (nSPS) is 16.1. The zero-order valence-corrected chi connectivity index (χ0v) is 15.3. The third kappa shape index (κ3) is 4.81. The summed E-state index contributed by atoms with van der Waals surface area (Å²) in [5.74, 6) is 0.0289. The minimum atomic E-state index is -0.285. The van der Waals surface area contributed by atoms with Crippen LogP contribution in [-0.2, 0) is 9.59 Å². The summed E-state index contributed by atoms with van der Waals surface area (Å²) in [7, 11) is 1.83. The van der Waals surface area contributed by atoms with Crippen molar-refractivity contribution in [3.63, 3.8) is 0 Å². The van der Waals surface area contributed by atoms with Gasteiger partial charge in [0.1, 0.15) is 0 Å². The van der Waals surface area contributed by atoms with E-state index in [1.54, 1.807) is 0 Å². The summed E-state index contributed by atoms with van der Waals surface area (Å²) in [6.07, 6.45) is 3.36. The summed E-state index contributed by atoms with van der Waals surface area (Å²) in [5, 5.41) is 2.95. The summed E-state index contributed by atoms with van der Waals surface area (Å²) < 4.78 is 0. The number of carbonyl (C=O) groups excluding carboxylic acids is 2. The van der Waals surface area contributed by atoms with E-state index in [9.17, 15) is 9.59 Å². The van der Waals surface area contributed by atoms with Crippen molar-refractivity contribution < 1.29 is 9.59 Å². The van der Waals surface area contributed by atoms with E-state index in [2.05, 4.69) is 5.32 Å². The van der Waals surface area contributed by atoms with Gasteiger partial charge in [0.2, 0.25) is 11.8 Å². The van der Waals surface area contributed by atoms with Gasteiger partial charge in [-0.15, -0.1) is 0 Å². The molecule has 24 heavy (non-hydrogen) atoms. The summed E-state index contributed by atoms with van der Waals surface area (Å²) in [4.78, 5) is 28.6. The molecule has 0 bridgehead atoms. The molecule has 5 nitrogen and oxygen atoms in total. The molecular formula is C19H29N3O2. The molecule has 1 aromatic rings. The number of rotatable bonds is 5. The molecular weight excluding hydrogens is 302 g/mol. The van der Waals surface area contributed by atoms with Crippen LogP contribution < -0.4 is 5.32 Å². The fourth-order valence-corrected chi connectivity index (χ4v) is 2.99. The number of aryl methyl sites for hydroxylation is 2. The Labute approximate surface area is 145 Å². The third-order valence-corrected chi connectivity index (χ3v) is 4.75. The van der Waals surface area contributed by atoms with Crippen molar-refractivity contribution >= 4 is 17.5 Å². The maximum absolute atomic E-state index is 12.5. The van der Waals surface area contributed by atoms with Crippen molar-refractivity contribution in [2.45, 2.75) is 46.1 Å². The molecule has 1 aliphatic rings. The molecule has 1 aliphatic heterocycles. The first-order chi connectivity index (χ1) is 11.4. The van der Waals surface area contributed by atoms with E-state index in [1.807, 2.05) is 55.8 Å². The van der Waals surface area contributed by atoms with Gasteiger partial charge in [-0.05, 0) is 64.3 Å². The lowest BCUT2D eigenvalue weighted by Crippen LogP contribution is -2.49. The van der Waals surface area contributed by atoms with E-state index in [0.29, 0.717) is 0 Å². The summed E-state index contributed by atoms with van der Waals surface area (Å²) in [6.45, 7) is 7.73. The molecule has 5 heteroatoms.